The SMILES string of the molecule is CC(=O)OCc1sc(Br)cc1C.Cc1cc(Br)sc1CO. The standard InChI is InChI=1S/C8H9BrO2S.C6H7BrOS/c1-5-3-8(9)12-7(5)4-11-6(2)10;1-4-2-6(7)9-5(4)3-8/h3H,4H2,1-2H3;2,8H,3H2,1H3. The zero-order valence-electron chi connectivity index (χ0n) is 11.9. The van der Waals surface area contributed by atoms with Gasteiger partial charge in [-0.15, -0.1) is 22.7 Å². The van der Waals surface area contributed by atoms with Crippen molar-refractivity contribution in [3.05, 3.63) is 40.6 Å². The van der Waals surface area contributed by atoms with Gasteiger partial charge in [0.1, 0.15) is 6.61 Å². The summed E-state index contributed by atoms with van der Waals surface area (Å²) in [4.78, 5) is 12.6. The number of rotatable bonds is 3. The number of hydrogen-bond donors (Lipinski definition) is 1. The molecule has 0 aliphatic rings. The maximum absolute atomic E-state index is 10.5. The van der Waals surface area contributed by atoms with E-state index in [0.29, 0.717) is 6.61 Å². The number of hydrogen-bond acceptors (Lipinski definition) is 5. The lowest BCUT2D eigenvalue weighted by Gasteiger charge is -1.98. The van der Waals surface area contributed by atoms with Gasteiger partial charge in [0.15, 0.2) is 0 Å². The molecule has 0 saturated carbocycles. The third-order valence-corrected chi connectivity index (χ3v) is 5.97. The Morgan fingerprint density at radius 1 is 1.14 bits per heavy atom. The predicted octanol–water partition coefficient (Wildman–Crippen LogP) is 5.19. The van der Waals surface area contributed by atoms with E-state index in [1.165, 1.54) is 6.92 Å². The quantitative estimate of drug-likeness (QED) is 0.647. The van der Waals surface area contributed by atoms with E-state index in [2.05, 4.69) is 31.9 Å². The molecule has 0 unspecified atom stereocenters. The van der Waals surface area contributed by atoms with Crippen LogP contribution in [0.2, 0.25) is 0 Å². The number of ether oxygens (including phenoxy) is 1. The summed E-state index contributed by atoms with van der Waals surface area (Å²) in [6.45, 7) is 5.95. The van der Waals surface area contributed by atoms with Crippen LogP contribution in [0.15, 0.2) is 19.7 Å². The Bertz CT molecular complexity index is 605. The highest BCUT2D eigenvalue weighted by molar-refractivity contribution is 9.11. The first-order valence-electron chi connectivity index (χ1n) is 6.07. The predicted molar refractivity (Wildman–Crippen MR) is 94.9 cm³/mol. The second-order valence-corrected chi connectivity index (χ2v) is 9.28. The average molecular weight is 456 g/mol. The molecule has 21 heavy (non-hydrogen) atoms. The van der Waals surface area contributed by atoms with Gasteiger partial charge in [-0.05, 0) is 69.0 Å². The average Bonchev–Trinajstić information content (AvgIpc) is 2.89. The van der Waals surface area contributed by atoms with Gasteiger partial charge in [0.25, 0.3) is 0 Å². The summed E-state index contributed by atoms with van der Waals surface area (Å²) < 4.78 is 7.03. The molecule has 0 amide bonds. The second-order valence-electron chi connectivity index (χ2n) is 4.25. The highest BCUT2D eigenvalue weighted by Gasteiger charge is 2.04. The molecule has 0 aliphatic heterocycles. The lowest BCUT2D eigenvalue weighted by Crippen LogP contribution is -1.97. The Morgan fingerprint density at radius 3 is 1.90 bits per heavy atom. The normalized spacial score (nSPS) is 10.0. The Balaban J connectivity index is 0.000000219. The van der Waals surface area contributed by atoms with E-state index >= 15 is 0 Å². The molecule has 0 saturated heterocycles. The number of aliphatic hydroxyl groups is 1. The smallest absolute Gasteiger partial charge is 0.302 e. The molecule has 2 heterocycles. The molecule has 2 rings (SSSR count). The minimum atomic E-state index is -0.237. The Labute approximate surface area is 149 Å². The van der Waals surface area contributed by atoms with E-state index in [-0.39, 0.29) is 12.6 Å². The van der Waals surface area contributed by atoms with Gasteiger partial charge >= 0.3 is 5.97 Å². The molecule has 0 spiro atoms. The largest absolute Gasteiger partial charge is 0.460 e. The molecule has 3 nitrogen and oxygen atoms in total. The van der Waals surface area contributed by atoms with Gasteiger partial charge in [0.05, 0.1) is 14.2 Å². The van der Waals surface area contributed by atoms with Crippen LogP contribution in [0.1, 0.15) is 27.8 Å². The molecule has 0 radical (unpaired) electrons. The Kier molecular flexibility index (Phi) is 8.12. The maximum atomic E-state index is 10.5. The van der Waals surface area contributed by atoms with Crippen LogP contribution >= 0.6 is 54.5 Å². The van der Waals surface area contributed by atoms with Crippen molar-refractivity contribution in [2.45, 2.75) is 34.0 Å². The molecule has 0 fully saturated rings. The Hall–Kier alpha value is -0.210. The van der Waals surface area contributed by atoms with E-state index in [4.69, 9.17) is 9.84 Å². The first-order valence-corrected chi connectivity index (χ1v) is 9.29. The molecule has 1 N–H and O–H groups in total. The zero-order chi connectivity index (χ0) is 16.0. The minimum Gasteiger partial charge on any atom is -0.460 e. The summed E-state index contributed by atoms with van der Waals surface area (Å²) >= 11 is 9.88. The van der Waals surface area contributed by atoms with Crippen LogP contribution in [0.5, 0.6) is 0 Å². The van der Waals surface area contributed by atoms with E-state index < -0.39 is 0 Å². The summed E-state index contributed by atoms with van der Waals surface area (Å²) in [6.07, 6.45) is 0. The number of carbonyl (C=O) groups excluding carboxylic acids is 1. The van der Waals surface area contributed by atoms with E-state index in [1.54, 1.807) is 22.7 Å². The van der Waals surface area contributed by atoms with Gasteiger partial charge in [-0.3, -0.25) is 4.79 Å². The highest BCUT2D eigenvalue weighted by Crippen LogP contribution is 2.27. The molecule has 0 aromatic carbocycles. The summed E-state index contributed by atoms with van der Waals surface area (Å²) in [7, 11) is 0. The molecular formula is C14H16Br2O3S2. The van der Waals surface area contributed by atoms with E-state index in [0.717, 1.165) is 28.5 Å². The molecular weight excluding hydrogens is 440 g/mol. The van der Waals surface area contributed by atoms with Gasteiger partial charge < -0.3 is 9.84 Å². The van der Waals surface area contributed by atoms with Crippen molar-refractivity contribution in [2.75, 3.05) is 0 Å². The summed E-state index contributed by atoms with van der Waals surface area (Å²) in [6, 6.07) is 4.03. The van der Waals surface area contributed by atoms with Crippen molar-refractivity contribution in [1.29, 1.82) is 0 Å². The minimum absolute atomic E-state index is 0.155. The van der Waals surface area contributed by atoms with E-state index in [9.17, 15) is 4.79 Å². The van der Waals surface area contributed by atoms with Crippen molar-refractivity contribution in [1.82, 2.24) is 0 Å². The first-order chi connectivity index (χ1) is 9.83. The Morgan fingerprint density at radius 2 is 1.62 bits per heavy atom. The van der Waals surface area contributed by atoms with Gasteiger partial charge in [0.2, 0.25) is 0 Å². The zero-order valence-corrected chi connectivity index (χ0v) is 16.7. The lowest BCUT2D eigenvalue weighted by molar-refractivity contribution is -0.142. The fraction of sp³-hybridized carbons (Fsp3) is 0.357. The van der Waals surface area contributed by atoms with Gasteiger partial charge in [-0.2, -0.15) is 0 Å². The number of aliphatic hydroxyl groups excluding tert-OH is 1. The number of thiophene rings is 2. The molecule has 7 heteroatoms. The van der Waals surface area contributed by atoms with Crippen molar-refractivity contribution < 1.29 is 14.6 Å². The third kappa shape index (κ3) is 6.61. The summed E-state index contributed by atoms with van der Waals surface area (Å²) in [5, 5.41) is 8.72. The van der Waals surface area contributed by atoms with Crippen molar-refractivity contribution in [3.63, 3.8) is 0 Å². The van der Waals surface area contributed by atoms with Crippen LogP contribution < -0.4 is 0 Å². The van der Waals surface area contributed by atoms with Crippen LogP contribution in [-0.4, -0.2) is 11.1 Å². The highest BCUT2D eigenvalue weighted by atomic mass is 79.9. The first kappa shape index (κ1) is 18.8. The van der Waals surface area contributed by atoms with Crippen LogP contribution in [0.3, 0.4) is 0 Å². The number of esters is 1. The van der Waals surface area contributed by atoms with Crippen molar-refractivity contribution in [2.24, 2.45) is 0 Å². The summed E-state index contributed by atoms with van der Waals surface area (Å²) in [5.74, 6) is -0.237. The molecule has 2 aromatic rings. The molecule has 0 atom stereocenters. The maximum Gasteiger partial charge on any atom is 0.302 e. The molecule has 116 valence electrons. The van der Waals surface area contributed by atoms with Crippen molar-refractivity contribution in [3.8, 4) is 0 Å². The lowest BCUT2D eigenvalue weighted by atomic mass is 10.3. The number of carbonyl (C=O) groups is 1. The number of aryl methyl sites for hydroxylation is 2. The van der Waals surface area contributed by atoms with Crippen LogP contribution in [0.25, 0.3) is 0 Å². The second kappa shape index (κ2) is 9.05. The molecule has 0 bridgehead atoms. The van der Waals surface area contributed by atoms with Gasteiger partial charge in [0, 0.05) is 16.7 Å². The summed E-state index contributed by atoms with van der Waals surface area (Å²) in [5.41, 5.74) is 2.32. The third-order valence-electron chi connectivity index (χ3n) is 2.53. The van der Waals surface area contributed by atoms with Crippen LogP contribution in [0.4, 0.5) is 0 Å². The molecule has 0 aliphatic carbocycles. The number of halogens is 2. The van der Waals surface area contributed by atoms with Crippen LogP contribution in [-0.2, 0) is 22.7 Å². The van der Waals surface area contributed by atoms with Gasteiger partial charge in [-0.25, -0.2) is 0 Å². The topological polar surface area (TPSA) is 46.5 Å². The molecule has 2 aromatic heterocycles. The van der Waals surface area contributed by atoms with Crippen molar-refractivity contribution >= 4 is 60.5 Å². The van der Waals surface area contributed by atoms with Gasteiger partial charge in [-0.1, -0.05) is 0 Å². The fourth-order valence-electron chi connectivity index (χ4n) is 1.42. The monoisotopic (exact) mass is 454 g/mol. The van der Waals surface area contributed by atoms with Crippen LogP contribution in [0, 0.1) is 13.8 Å². The van der Waals surface area contributed by atoms with E-state index in [1.807, 2.05) is 26.0 Å². The fourth-order valence-corrected chi connectivity index (χ4v) is 4.85.